The fourth-order valence-electron chi connectivity index (χ4n) is 1.53. The zero-order chi connectivity index (χ0) is 9.10. The van der Waals surface area contributed by atoms with Crippen molar-refractivity contribution in [2.45, 2.75) is 0 Å². The molecule has 4 heteroatoms. The molecular formula is C9H13IN3+. The summed E-state index contributed by atoms with van der Waals surface area (Å²) in [6, 6.07) is 4.22. The van der Waals surface area contributed by atoms with E-state index in [0.29, 0.717) is 0 Å². The number of halogens is 1. The van der Waals surface area contributed by atoms with Crippen molar-refractivity contribution in [3.05, 3.63) is 21.9 Å². The molecule has 0 atom stereocenters. The van der Waals surface area contributed by atoms with Gasteiger partial charge in [-0.1, -0.05) is 0 Å². The molecular weight excluding hydrogens is 277 g/mol. The molecule has 1 fully saturated rings. The lowest BCUT2D eigenvalue weighted by Crippen LogP contribution is -2.89. The van der Waals surface area contributed by atoms with Crippen LogP contribution in [0.4, 0.5) is 5.82 Å². The molecule has 3 nitrogen and oxygen atoms in total. The van der Waals surface area contributed by atoms with Crippen LogP contribution in [0.1, 0.15) is 0 Å². The Morgan fingerprint density at radius 2 is 2.08 bits per heavy atom. The number of rotatable bonds is 1. The molecule has 2 N–H and O–H groups in total. The van der Waals surface area contributed by atoms with E-state index in [1.54, 1.807) is 0 Å². The Morgan fingerprint density at radius 3 is 2.69 bits per heavy atom. The third-order valence-corrected chi connectivity index (χ3v) is 2.88. The van der Waals surface area contributed by atoms with Crippen LogP contribution in [0.15, 0.2) is 18.3 Å². The highest BCUT2D eigenvalue weighted by Gasteiger charge is 2.12. The largest absolute Gasteiger partial charge is 0.345 e. The van der Waals surface area contributed by atoms with Crippen molar-refractivity contribution in [1.29, 1.82) is 0 Å². The van der Waals surface area contributed by atoms with Crippen LogP contribution in [-0.4, -0.2) is 31.2 Å². The van der Waals surface area contributed by atoms with Gasteiger partial charge >= 0.3 is 0 Å². The molecule has 0 saturated carbocycles. The molecule has 70 valence electrons. The van der Waals surface area contributed by atoms with Crippen LogP contribution in [0.25, 0.3) is 0 Å². The number of nitrogens with zero attached hydrogens (tertiary/aromatic N) is 2. The van der Waals surface area contributed by atoms with Gasteiger partial charge < -0.3 is 10.2 Å². The van der Waals surface area contributed by atoms with Gasteiger partial charge in [0.2, 0.25) is 0 Å². The number of pyridine rings is 1. The molecule has 1 aliphatic heterocycles. The summed E-state index contributed by atoms with van der Waals surface area (Å²) in [6.45, 7) is 4.61. The summed E-state index contributed by atoms with van der Waals surface area (Å²) in [5.74, 6) is 1.12. The second-order valence-electron chi connectivity index (χ2n) is 3.19. The van der Waals surface area contributed by atoms with Gasteiger partial charge in [0.25, 0.3) is 0 Å². The van der Waals surface area contributed by atoms with Crippen LogP contribution in [0, 0.1) is 3.57 Å². The highest BCUT2D eigenvalue weighted by molar-refractivity contribution is 14.1. The van der Waals surface area contributed by atoms with Gasteiger partial charge in [-0.3, -0.25) is 0 Å². The lowest BCUT2D eigenvalue weighted by molar-refractivity contribution is -0.655. The van der Waals surface area contributed by atoms with Crippen molar-refractivity contribution in [3.8, 4) is 0 Å². The first-order valence-electron chi connectivity index (χ1n) is 4.54. The van der Waals surface area contributed by atoms with Gasteiger partial charge in [0.05, 0.1) is 26.2 Å². The van der Waals surface area contributed by atoms with Crippen LogP contribution in [-0.2, 0) is 0 Å². The maximum Gasteiger partial charge on any atom is 0.128 e. The summed E-state index contributed by atoms with van der Waals surface area (Å²) in [6.07, 6.45) is 1.92. The minimum Gasteiger partial charge on any atom is -0.345 e. The number of anilines is 1. The van der Waals surface area contributed by atoms with E-state index in [2.05, 4.69) is 49.9 Å². The SMILES string of the molecule is Ic1ccc(N2CC[NH2+]CC2)nc1. The van der Waals surface area contributed by atoms with Gasteiger partial charge in [-0.05, 0) is 34.7 Å². The molecule has 2 rings (SSSR count). The molecule has 0 spiro atoms. The van der Waals surface area contributed by atoms with Crippen molar-refractivity contribution in [1.82, 2.24) is 4.98 Å². The maximum atomic E-state index is 4.41. The standard InChI is InChI=1S/C9H12IN3/c10-8-1-2-9(12-7-8)13-5-3-11-4-6-13/h1-2,7,11H,3-6H2/p+1. The van der Waals surface area contributed by atoms with Crippen LogP contribution in [0.3, 0.4) is 0 Å². The minimum absolute atomic E-state index is 1.12. The molecule has 1 aliphatic rings. The van der Waals surface area contributed by atoms with E-state index in [0.717, 1.165) is 18.9 Å². The van der Waals surface area contributed by atoms with Gasteiger partial charge in [0.1, 0.15) is 5.82 Å². The van der Waals surface area contributed by atoms with E-state index in [1.807, 2.05) is 6.20 Å². The molecule has 0 aliphatic carbocycles. The van der Waals surface area contributed by atoms with Crippen LogP contribution in [0.5, 0.6) is 0 Å². The Balaban J connectivity index is 2.10. The predicted molar refractivity (Wildman–Crippen MR) is 60.8 cm³/mol. The molecule has 1 aromatic rings. The van der Waals surface area contributed by atoms with Crippen molar-refractivity contribution < 1.29 is 5.32 Å². The molecule has 0 bridgehead atoms. The number of quaternary nitrogens is 1. The summed E-state index contributed by atoms with van der Waals surface area (Å²) in [5, 5.41) is 2.35. The lowest BCUT2D eigenvalue weighted by atomic mass is 10.3. The van der Waals surface area contributed by atoms with E-state index in [1.165, 1.54) is 16.7 Å². The smallest absolute Gasteiger partial charge is 0.128 e. The fourth-order valence-corrected chi connectivity index (χ4v) is 1.85. The molecule has 0 aromatic carbocycles. The number of nitrogens with two attached hydrogens (primary N) is 1. The molecule has 0 unspecified atom stereocenters. The first-order valence-corrected chi connectivity index (χ1v) is 5.62. The maximum absolute atomic E-state index is 4.41. The fraction of sp³-hybridized carbons (Fsp3) is 0.444. The zero-order valence-corrected chi connectivity index (χ0v) is 9.57. The number of hydrogen-bond donors (Lipinski definition) is 1. The average molecular weight is 290 g/mol. The number of hydrogen-bond acceptors (Lipinski definition) is 2. The molecule has 1 aromatic heterocycles. The van der Waals surface area contributed by atoms with Crippen LogP contribution >= 0.6 is 22.6 Å². The Bertz CT molecular complexity index is 267. The number of piperazine rings is 1. The van der Waals surface area contributed by atoms with E-state index in [9.17, 15) is 0 Å². The predicted octanol–water partition coefficient (Wildman–Crippen LogP) is 0.0696. The van der Waals surface area contributed by atoms with E-state index < -0.39 is 0 Å². The van der Waals surface area contributed by atoms with Gasteiger partial charge in [-0.15, -0.1) is 0 Å². The normalized spacial score (nSPS) is 17.5. The molecule has 1 saturated heterocycles. The third kappa shape index (κ3) is 2.31. The summed E-state index contributed by atoms with van der Waals surface area (Å²) in [5.41, 5.74) is 0. The quantitative estimate of drug-likeness (QED) is 0.743. The summed E-state index contributed by atoms with van der Waals surface area (Å²) in [4.78, 5) is 6.75. The lowest BCUT2D eigenvalue weighted by Gasteiger charge is -2.26. The Labute approximate surface area is 91.7 Å². The highest BCUT2D eigenvalue weighted by atomic mass is 127. The summed E-state index contributed by atoms with van der Waals surface area (Å²) in [7, 11) is 0. The minimum atomic E-state index is 1.12. The Kier molecular flexibility index (Phi) is 3.00. The molecule has 0 radical (unpaired) electrons. The van der Waals surface area contributed by atoms with Crippen LogP contribution < -0.4 is 10.2 Å². The molecule has 13 heavy (non-hydrogen) atoms. The molecule has 0 amide bonds. The van der Waals surface area contributed by atoms with Gasteiger partial charge in [0, 0.05) is 9.77 Å². The summed E-state index contributed by atoms with van der Waals surface area (Å²) >= 11 is 2.28. The first-order chi connectivity index (χ1) is 6.36. The van der Waals surface area contributed by atoms with Crippen molar-refractivity contribution >= 4 is 28.4 Å². The van der Waals surface area contributed by atoms with Crippen LogP contribution in [0.2, 0.25) is 0 Å². The van der Waals surface area contributed by atoms with Crippen molar-refractivity contribution in [3.63, 3.8) is 0 Å². The topological polar surface area (TPSA) is 32.7 Å². The third-order valence-electron chi connectivity index (χ3n) is 2.24. The highest BCUT2D eigenvalue weighted by Crippen LogP contribution is 2.11. The first kappa shape index (κ1) is 9.21. The second-order valence-corrected chi connectivity index (χ2v) is 4.43. The monoisotopic (exact) mass is 290 g/mol. The van der Waals surface area contributed by atoms with E-state index in [4.69, 9.17) is 0 Å². The van der Waals surface area contributed by atoms with Gasteiger partial charge in [-0.25, -0.2) is 4.98 Å². The Hall–Kier alpha value is -0.360. The van der Waals surface area contributed by atoms with Crippen molar-refractivity contribution in [2.24, 2.45) is 0 Å². The van der Waals surface area contributed by atoms with E-state index >= 15 is 0 Å². The second kappa shape index (κ2) is 4.23. The number of aromatic nitrogens is 1. The zero-order valence-electron chi connectivity index (χ0n) is 7.41. The van der Waals surface area contributed by atoms with Gasteiger partial charge in [-0.2, -0.15) is 0 Å². The van der Waals surface area contributed by atoms with Crippen molar-refractivity contribution in [2.75, 3.05) is 31.1 Å². The Morgan fingerprint density at radius 1 is 1.31 bits per heavy atom. The van der Waals surface area contributed by atoms with E-state index in [-0.39, 0.29) is 0 Å². The summed E-state index contributed by atoms with van der Waals surface area (Å²) < 4.78 is 1.20. The average Bonchev–Trinajstić information content (AvgIpc) is 2.20. The van der Waals surface area contributed by atoms with Gasteiger partial charge in [0.15, 0.2) is 0 Å². The molecule has 2 heterocycles.